The summed E-state index contributed by atoms with van der Waals surface area (Å²) in [5, 5.41) is 6.56. The minimum Gasteiger partial charge on any atom is -0.378 e. The van der Waals surface area contributed by atoms with Gasteiger partial charge in [-0.15, -0.1) is 0 Å². The van der Waals surface area contributed by atoms with E-state index in [0.717, 1.165) is 66.2 Å². The number of hydrogen-bond acceptors (Lipinski definition) is 7. The molecule has 162 valence electrons. The van der Waals surface area contributed by atoms with Gasteiger partial charge in [-0.2, -0.15) is 0 Å². The van der Waals surface area contributed by atoms with E-state index in [-0.39, 0.29) is 0 Å². The highest BCUT2D eigenvalue weighted by Crippen LogP contribution is 2.34. The summed E-state index contributed by atoms with van der Waals surface area (Å²) < 4.78 is 5.45. The second-order valence-corrected chi connectivity index (χ2v) is 8.00. The van der Waals surface area contributed by atoms with Gasteiger partial charge < -0.3 is 25.1 Å². The maximum atomic E-state index is 11.8. The van der Waals surface area contributed by atoms with Crippen molar-refractivity contribution >= 4 is 29.6 Å². The number of aromatic nitrogens is 2. The third kappa shape index (κ3) is 4.07. The van der Waals surface area contributed by atoms with Crippen molar-refractivity contribution < 1.29 is 9.53 Å². The highest BCUT2D eigenvalue weighted by molar-refractivity contribution is 5.80. The summed E-state index contributed by atoms with van der Waals surface area (Å²) in [6.45, 7) is 5.31. The maximum Gasteiger partial charge on any atom is 0.146 e. The van der Waals surface area contributed by atoms with Gasteiger partial charge in [0.15, 0.2) is 0 Å². The second kappa shape index (κ2) is 8.80. The summed E-state index contributed by atoms with van der Waals surface area (Å²) in [6, 6.07) is 11.9. The van der Waals surface area contributed by atoms with Crippen LogP contribution in [0.4, 0.5) is 17.2 Å². The zero-order valence-electron chi connectivity index (χ0n) is 17.9. The fourth-order valence-electron chi connectivity index (χ4n) is 4.12. The summed E-state index contributed by atoms with van der Waals surface area (Å²) in [4.78, 5) is 23.3. The van der Waals surface area contributed by atoms with E-state index >= 15 is 0 Å². The highest BCUT2D eigenvalue weighted by Gasteiger charge is 2.23. The fourth-order valence-corrected chi connectivity index (χ4v) is 4.12. The van der Waals surface area contributed by atoms with Crippen LogP contribution in [0.15, 0.2) is 55.0 Å². The Morgan fingerprint density at radius 2 is 1.97 bits per heavy atom. The molecular formula is C25H25N5O2. The Balaban J connectivity index is 1.51. The van der Waals surface area contributed by atoms with Gasteiger partial charge in [0.25, 0.3) is 0 Å². The van der Waals surface area contributed by atoms with Crippen LogP contribution in [0.2, 0.25) is 0 Å². The van der Waals surface area contributed by atoms with Crippen LogP contribution >= 0.6 is 0 Å². The lowest BCUT2D eigenvalue weighted by Crippen LogP contribution is -2.36. The van der Waals surface area contributed by atoms with Crippen LogP contribution in [0.3, 0.4) is 0 Å². The maximum absolute atomic E-state index is 11.8. The molecule has 3 aromatic rings. The Hall–Kier alpha value is -3.71. The number of morpholine rings is 1. The zero-order valence-corrected chi connectivity index (χ0v) is 17.9. The number of aldehydes is 1. The fraction of sp³-hybridized carbons (Fsp3) is 0.240. The van der Waals surface area contributed by atoms with Gasteiger partial charge in [0.1, 0.15) is 18.1 Å². The molecule has 2 aliphatic heterocycles. The number of nitrogens with one attached hydrogen (secondary N) is 2. The van der Waals surface area contributed by atoms with E-state index in [0.29, 0.717) is 5.82 Å². The van der Waals surface area contributed by atoms with Gasteiger partial charge in [0, 0.05) is 48.0 Å². The van der Waals surface area contributed by atoms with Crippen molar-refractivity contribution in [3.63, 3.8) is 0 Å². The van der Waals surface area contributed by atoms with Crippen molar-refractivity contribution in [1.82, 2.24) is 15.3 Å². The average molecular weight is 428 g/mol. The number of nitrogens with zero attached hydrogens (tertiary/aromatic N) is 3. The lowest BCUT2D eigenvalue weighted by molar-refractivity contribution is -0.109. The van der Waals surface area contributed by atoms with Crippen LogP contribution in [-0.4, -0.2) is 42.6 Å². The Morgan fingerprint density at radius 1 is 1.16 bits per heavy atom. The van der Waals surface area contributed by atoms with Gasteiger partial charge >= 0.3 is 0 Å². The van der Waals surface area contributed by atoms with Crippen LogP contribution in [0.25, 0.3) is 17.3 Å². The van der Waals surface area contributed by atoms with E-state index in [4.69, 9.17) is 9.72 Å². The quantitative estimate of drug-likeness (QED) is 0.599. The van der Waals surface area contributed by atoms with Crippen LogP contribution in [0.1, 0.15) is 22.7 Å². The molecule has 0 bridgehead atoms. The third-order valence-corrected chi connectivity index (χ3v) is 5.75. The molecule has 0 amide bonds. The molecule has 0 aliphatic carbocycles. The third-order valence-electron chi connectivity index (χ3n) is 5.75. The number of benzene rings is 1. The summed E-state index contributed by atoms with van der Waals surface area (Å²) in [7, 11) is 0. The van der Waals surface area contributed by atoms with Gasteiger partial charge in [-0.3, -0.25) is 4.98 Å². The van der Waals surface area contributed by atoms with Crippen molar-refractivity contribution in [3.8, 4) is 11.3 Å². The molecule has 0 spiro atoms. The van der Waals surface area contributed by atoms with Gasteiger partial charge in [0.2, 0.25) is 0 Å². The van der Waals surface area contributed by atoms with E-state index in [1.54, 1.807) is 6.20 Å². The number of carbonyl (C=O) groups excluding carboxylic acids is 1. The van der Waals surface area contributed by atoms with Crippen molar-refractivity contribution in [2.45, 2.75) is 13.0 Å². The largest absolute Gasteiger partial charge is 0.378 e. The number of carbonyl (C=O) groups is 1. The van der Waals surface area contributed by atoms with Gasteiger partial charge in [-0.1, -0.05) is 0 Å². The summed E-state index contributed by atoms with van der Waals surface area (Å²) in [5.41, 5.74) is 6.69. The van der Waals surface area contributed by atoms with Crippen molar-refractivity contribution in [1.29, 1.82) is 0 Å². The number of hydrogen-bond donors (Lipinski definition) is 2. The number of aryl methyl sites for hydroxylation is 1. The Bertz CT molecular complexity index is 1150. The summed E-state index contributed by atoms with van der Waals surface area (Å²) in [5.74, 6) is 0.659. The number of fused-ring (bicyclic) bond motifs is 1. The van der Waals surface area contributed by atoms with Gasteiger partial charge in [-0.25, -0.2) is 4.98 Å². The average Bonchev–Trinajstić information content (AvgIpc) is 2.84. The molecule has 1 saturated heterocycles. The Kier molecular flexibility index (Phi) is 5.56. The standard InChI is InChI=1S/C25H25N5O2/c1-17-12-19(15-26-14-17)22-13-18-6-7-27-23(16-31)24(18)25(29-22)28-20-2-4-21(5-3-20)30-8-10-32-11-9-30/h2-7,12-16,23,27H,8-11H2,1H3,(H,28,29). The second-order valence-electron chi connectivity index (χ2n) is 8.00. The normalized spacial score (nSPS) is 17.4. The first-order valence-corrected chi connectivity index (χ1v) is 10.8. The molecule has 7 nitrogen and oxygen atoms in total. The molecule has 1 atom stereocenters. The predicted molar refractivity (Wildman–Crippen MR) is 126 cm³/mol. The molecule has 2 aromatic heterocycles. The van der Waals surface area contributed by atoms with E-state index < -0.39 is 6.04 Å². The van der Waals surface area contributed by atoms with Crippen molar-refractivity contribution in [2.75, 3.05) is 36.5 Å². The van der Waals surface area contributed by atoms with E-state index in [1.165, 1.54) is 5.69 Å². The van der Waals surface area contributed by atoms with Crippen molar-refractivity contribution in [3.05, 3.63) is 71.7 Å². The minimum atomic E-state index is -0.456. The van der Waals surface area contributed by atoms with Crippen LogP contribution in [-0.2, 0) is 9.53 Å². The predicted octanol–water partition coefficient (Wildman–Crippen LogP) is 3.85. The number of pyridine rings is 2. The minimum absolute atomic E-state index is 0.456. The van der Waals surface area contributed by atoms with E-state index in [1.807, 2.05) is 43.6 Å². The smallest absolute Gasteiger partial charge is 0.146 e. The van der Waals surface area contributed by atoms with Crippen LogP contribution in [0, 0.1) is 6.92 Å². The molecule has 2 aliphatic rings. The van der Waals surface area contributed by atoms with Gasteiger partial charge in [-0.05, 0) is 66.7 Å². The zero-order chi connectivity index (χ0) is 21.9. The molecule has 4 heterocycles. The molecule has 2 N–H and O–H groups in total. The Morgan fingerprint density at radius 3 is 2.72 bits per heavy atom. The molecule has 1 unspecified atom stereocenters. The Labute approximate surface area is 187 Å². The van der Waals surface area contributed by atoms with E-state index in [2.05, 4.69) is 38.7 Å². The topological polar surface area (TPSA) is 79.4 Å². The lowest BCUT2D eigenvalue weighted by atomic mass is 9.97. The monoisotopic (exact) mass is 427 g/mol. The van der Waals surface area contributed by atoms with Crippen LogP contribution in [0.5, 0.6) is 0 Å². The molecule has 1 aromatic carbocycles. The first-order valence-electron chi connectivity index (χ1n) is 10.8. The van der Waals surface area contributed by atoms with Crippen LogP contribution < -0.4 is 15.5 Å². The number of anilines is 3. The first kappa shape index (κ1) is 20.2. The number of rotatable bonds is 5. The highest BCUT2D eigenvalue weighted by atomic mass is 16.5. The molecular weight excluding hydrogens is 402 g/mol. The lowest BCUT2D eigenvalue weighted by Gasteiger charge is -2.29. The molecule has 5 rings (SSSR count). The van der Waals surface area contributed by atoms with E-state index in [9.17, 15) is 4.79 Å². The molecule has 7 heteroatoms. The number of ether oxygens (including phenoxy) is 1. The first-order chi connectivity index (χ1) is 15.7. The molecule has 0 saturated carbocycles. The van der Waals surface area contributed by atoms with Gasteiger partial charge in [0.05, 0.1) is 18.9 Å². The van der Waals surface area contributed by atoms with Crippen molar-refractivity contribution in [2.24, 2.45) is 0 Å². The summed E-state index contributed by atoms with van der Waals surface area (Å²) >= 11 is 0. The summed E-state index contributed by atoms with van der Waals surface area (Å²) in [6.07, 6.45) is 8.32. The SMILES string of the molecule is Cc1cncc(-c2cc3c(c(Nc4ccc(N5CCOCC5)cc4)n2)C(C=O)NC=C3)c1. The molecule has 1 fully saturated rings. The molecule has 32 heavy (non-hydrogen) atoms. The molecule has 0 radical (unpaired) electrons.